The van der Waals surface area contributed by atoms with Crippen molar-refractivity contribution in [2.75, 3.05) is 20.3 Å². The van der Waals surface area contributed by atoms with Crippen LogP contribution < -0.4 is 5.73 Å². The fourth-order valence-electron chi connectivity index (χ4n) is 1.62. The lowest BCUT2D eigenvalue weighted by Crippen LogP contribution is -2.35. The Morgan fingerprint density at radius 1 is 1.33 bits per heavy atom. The first-order valence-electron chi connectivity index (χ1n) is 5.20. The molecule has 0 aromatic heterocycles. The van der Waals surface area contributed by atoms with E-state index >= 15 is 0 Å². The highest BCUT2D eigenvalue weighted by atomic mass is 16.5. The fraction of sp³-hybridized carbons (Fsp3) is 0.500. The van der Waals surface area contributed by atoms with Crippen molar-refractivity contribution in [2.24, 2.45) is 5.73 Å². The zero-order chi connectivity index (χ0) is 11.1. The van der Waals surface area contributed by atoms with Crippen LogP contribution >= 0.6 is 0 Å². The normalized spacial score (nSPS) is 14.9. The molecule has 1 aromatic carbocycles. The molecule has 0 aliphatic heterocycles. The third-order valence-electron chi connectivity index (χ3n) is 2.59. The summed E-state index contributed by atoms with van der Waals surface area (Å²) in [4.78, 5) is 0. The van der Waals surface area contributed by atoms with E-state index < -0.39 is 5.60 Å². The highest BCUT2D eigenvalue weighted by molar-refractivity contribution is 5.22. The van der Waals surface area contributed by atoms with Gasteiger partial charge in [-0.25, -0.2) is 0 Å². The lowest BCUT2D eigenvalue weighted by molar-refractivity contribution is 0.0272. The van der Waals surface area contributed by atoms with E-state index in [1.807, 2.05) is 30.3 Å². The van der Waals surface area contributed by atoms with E-state index in [-0.39, 0.29) is 6.54 Å². The molecule has 0 bridgehead atoms. The molecule has 0 amide bonds. The van der Waals surface area contributed by atoms with Crippen LogP contribution in [-0.4, -0.2) is 25.4 Å². The van der Waals surface area contributed by atoms with Crippen LogP contribution in [0.1, 0.15) is 18.4 Å². The Morgan fingerprint density at radius 2 is 2.00 bits per heavy atom. The van der Waals surface area contributed by atoms with Gasteiger partial charge >= 0.3 is 0 Å². The first-order valence-corrected chi connectivity index (χ1v) is 5.20. The Hall–Kier alpha value is -0.900. The lowest BCUT2D eigenvalue weighted by Gasteiger charge is -2.27. The molecule has 15 heavy (non-hydrogen) atoms. The van der Waals surface area contributed by atoms with Crippen LogP contribution in [0, 0.1) is 0 Å². The highest BCUT2D eigenvalue weighted by Gasteiger charge is 2.26. The summed E-state index contributed by atoms with van der Waals surface area (Å²) in [5.41, 5.74) is 5.59. The molecule has 1 unspecified atom stereocenters. The molecule has 0 saturated heterocycles. The number of methoxy groups -OCH3 is 1. The summed E-state index contributed by atoms with van der Waals surface area (Å²) < 4.78 is 4.97. The number of benzene rings is 1. The van der Waals surface area contributed by atoms with Crippen molar-refractivity contribution in [3.8, 4) is 0 Å². The van der Waals surface area contributed by atoms with Crippen molar-refractivity contribution in [1.82, 2.24) is 0 Å². The maximum atomic E-state index is 10.3. The van der Waals surface area contributed by atoms with Crippen LogP contribution in [0.3, 0.4) is 0 Å². The molecule has 0 fully saturated rings. The zero-order valence-corrected chi connectivity index (χ0v) is 9.15. The van der Waals surface area contributed by atoms with E-state index in [1.165, 1.54) is 0 Å². The SMILES string of the molecule is COCCCC(O)(CN)c1ccccc1. The second-order valence-electron chi connectivity index (χ2n) is 3.70. The Bertz CT molecular complexity index is 276. The topological polar surface area (TPSA) is 55.5 Å². The fourth-order valence-corrected chi connectivity index (χ4v) is 1.62. The standard InChI is InChI=1S/C12H19NO2/c1-15-9-5-8-12(14,10-13)11-6-3-2-4-7-11/h2-4,6-7,14H,5,8-10,13H2,1H3. The van der Waals surface area contributed by atoms with E-state index in [0.717, 1.165) is 12.0 Å². The van der Waals surface area contributed by atoms with E-state index in [2.05, 4.69) is 0 Å². The number of rotatable bonds is 6. The third-order valence-corrected chi connectivity index (χ3v) is 2.59. The third kappa shape index (κ3) is 3.30. The van der Waals surface area contributed by atoms with Gasteiger partial charge in [0.15, 0.2) is 0 Å². The van der Waals surface area contributed by atoms with E-state index in [9.17, 15) is 5.11 Å². The molecule has 0 radical (unpaired) electrons. The summed E-state index contributed by atoms with van der Waals surface area (Å²) in [5, 5.41) is 10.3. The second-order valence-corrected chi connectivity index (χ2v) is 3.70. The average molecular weight is 209 g/mol. The van der Waals surface area contributed by atoms with Gasteiger partial charge in [0.25, 0.3) is 0 Å². The summed E-state index contributed by atoms with van der Waals surface area (Å²) in [6, 6.07) is 9.55. The van der Waals surface area contributed by atoms with Crippen LogP contribution in [-0.2, 0) is 10.3 Å². The van der Waals surface area contributed by atoms with Crippen LogP contribution in [0.25, 0.3) is 0 Å². The molecule has 0 heterocycles. The first-order chi connectivity index (χ1) is 7.23. The zero-order valence-electron chi connectivity index (χ0n) is 9.15. The minimum Gasteiger partial charge on any atom is -0.385 e. The molecule has 84 valence electrons. The van der Waals surface area contributed by atoms with Gasteiger partial charge in [0.2, 0.25) is 0 Å². The van der Waals surface area contributed by atoms with E-state index in [4.69, 9.17) is 10.5 Å². The molecule has 0 saturated carbocycles. The molecule has 0 aliphatic carbocycles. The van der Waals surface area contributed by atoms with Gasteiger partial charge in [0.05, 0.1) is 0 Å². The molecular formula is C12H19NO2. The van der Waals surface area contributed by atoms with Crippen LogP contribution in [0.15, 0.2) is 30.3 Å². The molecule has 3 nitrogen and oxygen atoms in total. The molecule has 0 spiro atoms. The van der Waals surface area contributed by atoms with Crippen molar-refractivity contribution < 1.29 is 9.84 Å². The Labute approximate surface area is 90.9 Å². The van der Waals surface area contributed by atoms with Crippen molar-refractivity contribution >= 4 is 0 Å². The van der Waals surface area contributed by atoms with Crippen molar-refractivity contribution in [3.63, 3.8) is 0 Å². The van der Waals surface area contributed by atoms with Crippen molar-refractivity contribution in [1.29, 1.82) is 0 Å². The van der Waals surface area contributed by atoms with Gasteiger partial charge < -0.3 is 15.6 Å². The maximum Gasteiger partial charge on any atom is 0.102 e. The van der Waals surface area contributed by atoms with Gasteiger partial charge in [-0.15, -0.1) is 0 Å². The van der Waals surface area contributed by atoms with Crippen LogP contribution in [0.2, 0.25) is 0 Å². The molecule has 1 atom stereocenters. The van der Waals surface area contributed by atoms with Crippen LogP contribution in [0.4, 0.5) is 0 Å². The van der Waals surface area contributed by atoms with Gasteiger partial charge in [-0.1, -0.05) is 30.3 Å². The Kier molecular flexibility index (Phi) is 4.75. The molecule has 3 N–H and O–H groups in total. The molecule has 0 aliphatic rings. The predicted octanol–water partition coefficient (Wildman–Crippen LogP) is 1.26. The quantitative estimate of drug-likeness (QED) is 0.693. The number of ether oxygens (including phenoxy) is 1. The van der Waals surface area contributed by atoms with Crippen molar-refractivity contribution in [2.45, 2.75) is 18.4 Å². The summed E-state index contributed by atoms with van der Waals surface area (Å²) in [6.45, 7) is 0.885. The minimum absolute atomic E-state index is 0.237. The van der Waals surface area contributed by atoms with E-state index in [0.29, 0.717) is 13.0 Å². The van der Waals surface area contributed by atoms with Gasteiger partial charge in [-0.3, -0.25) is 0 Å². The van der Waals surface area contributed by atoms with Gasteiger partial charge in [0, 0.05) is 20.3 Å². The predicted molar refractivity (Wildman–Crippen MR) is 60.5 cm³/mol. The number of nitrogens with two attached hydrogens (primary N) is 1. The molecule has 3 heteroatoms. The lowest BCUT2D eigenvalue weighted by atomic mass is 9.89. The monoisotopic (exact) mass is 209 g/mol. The summed E-state index contributed by atoms with van der Waals surface area (Å²) in [7, 11) is 1.66. The Morgan fingerprint density at radius 3 is 2.53 bits per heavy atom. The first kappa shape index (κ1) is 12.2. The molecule has 1 aromatic rings. The molecule has 1 rings (SSSR count). The summed E-state index contributed by atoms with van der Waals surface area (Å²) >= 11 is 0. The average Bonchev–Trinajstić information content (AvgIpc) is 2.30. The van der Waals surface area contributed by atoms with Gasteiger partial charge in [-0.05, 0) is 18.4 Å². The molecular weight excluding hydrogens is 190 g/mol. The van der Waals surface area contributed by atoms with Gasteiger partial charge in [-0.2, -0.15) is 0 Å². The Balaban J connectivity index is 2.67. The maximum absolute atomic E-state index is 10.3. The summed E-state index contributed by atoms with van der Waals surface area (Å²) in [5.74, 6) is 0. The largest absolute Gasteiger partial charge is 0.385 e. The van der Waals surface area contributed by atoms with Gasteiger partial charge in [0.1, 0.15) is 5.60 Å². The van der Waals surface area contributed by atoms with Crippen molar-refractivity contribution in [3.05, 3.63) is 35.9 Å². The second kappa shape index (κ2) is 5.85. The van der Waals surface area contributed by atoms with E-state index in [1.54, 1.807) is 7.11 Å². The van der Waals surface area contributed by atoms with Crippen LogP contribution in [0.5, 0.6) is 0 Å². The number of hydrogen-bond donors (Lipinski definition) is 2. The summed E-state index contributed by atoms with van der Waals surface area (Å²) in [6.07, 6.45) is 1.43. The number of aliphatic hydroxyl groups is 1. The minimum atomic E-state index is -0.917. The smallest absolute Gasteiger partial charge is 0.102 e. The number of hydrogen-bond acceptors (Lipinski definition) is 3. The highest BCUT2D eigenvalue weighted by Crippen LogP contribution is 2.24.